The average molecular weight is 602 g/mol. The number of pyridine rings is 1. The van der Waals surface area contributed by atoms with Crippen molar-refractivity contribution >= 4 is 35.2 Å². The van der Waals surface area contributed by atoms with Crippen molar-refractivity contribution in [1.82, 2.24) is 29.3 Å². The third kappa shape index (κ3) is 5.97. The van der Waals surface area contributed by atoms with Gasteiger partial charge in [0.15, 0.2) is 5.82 Å². The summed E-state index contributed by atoms with van der Waals surface area (Å²) in [5, 5.41) is 8.75. The Balaban J connectivity index is 0.00000337. The van der Waals surface area contributed by atoms with Crippen molar-refractivity contribution < 1.29 is 17.9 Å². The smallest absolute Gasteiger partial charge is 0.268 e. The van der Waals surface area contributed by atoms with Crippen LogP contribution in [0.3, 0.4) is 0 Å². The molecule has 6 rings (SSSR count). The van der Waals surface area contributed by atoms with Crippen LogP contribution in [-0.4, -0.2) is 57.1 Å². The molecule has 1 saturated heterocycles. The van der Waals surface area contributed by atoms with Crippen LogP contribution in [0.15, 0.2) is 35.5 Å². The summed E-state index contributed by atoms with van der Waals surface area (Å²) in [6, 6.07) is 5.16. The molecule has 13 heteroatoms. The first-order valence-corrected chi connectivity index (χ1v) is 15.5. The SMILES string of the molecule is Cc1nn(C)cc1S(=O)(=O)NC(=O)c1ccc(-n2ccc(OC(C3CC3)C3CC3)n2)nc1N1C[C@@H](C)CC1(C)C.S. The monoisotopic (exact) mass is 601 g/mol. The lowest BCUT2D eigenvalue weighted by Gasteiger charge is -2.34. The Kier molecular flexibility index (Phi) is 7.64. The molecule has 1 atom stereocenters. The number of anilines is 1. The van der Waals surface area contributed by atoms with Crippen LogP contribution >= 0.6 is 13.5 Å². The number of aryl methyl sites for hydroxylation is 2. The molecule has 0 aromatic carbocycles. The van der Waals surface area contributed by atoms with E-state index in [1.165, 1.54) is 36.6 Å². The van der Waals surface area contributed by atoms with E-state index in [1.807, 2.05) is 12.3 Å². The minimum atomic E-state index is -4.14. The number of amides is 1. The molecule has 3 aromatic heterocycles. The second-order valence-electron chi connectivity index (χ2n) is 12.3. The Bertz CT molecular complexity index is 1540. The average Bonchev–Trinajstić information content (AvgIpc) is 3.80. The van der Waals surface area contributed by atoms with Crippen molar-refractivity contribution in [2.75, 3.05) is 11.4 Å². The van der Waals surface area contributed by atoms with Gasteiger partial charge in [0.2, 0.25) is 5.88 Å². The zero-order valence-corrected chi connectivity index (χ0v) is 26.0. The van der Waals surface area contributed by atoms with Crippen LogP contribution in [0.1, 0.15) is 68.9 Å². The molecule has 222 valence electrons. The molecule has 3 aromatic rings. The van der Waals surface area contributed by atoms with Crippen LogP contribution < -0.4 is 14.4 Å². The molecule has 0 radical (unpaired) electrons. The predicted molar refractivity (Wildman–Crippen MR) is 159 cm³/mol. The molecule has 1 aliphatic heterocycles. The zero-order valence-electron chi connectivity index (χ0n) is 24.2. The minimum Gasteiger partial charge on any atom is -0.473 e. The lowest BCUT2D eigenvalue weighted by Crippen LogP contribution is -2.41. The molecule has 2 saturated carbocycles. The van der Waals surface area contributed by atoms with Crippen LogP contribution in [0.5, 0.6) is 5.88 Å². The van der Waals surface area contributed by atoms with E-state index in [9.17, 15) is 13.2 Å². The van der Waals surface area contributed by atoms with Crippen molar-refractivity contribution in [3.8, 4) is 11.7 Å². The molecular formula is C28H39N7O4S2. The van der Waals surface area contributed by atoms with Gasteiger partial charge in [-0.1, -0.05) is 6.92 Å². The molecule has 3 fully saturated rings. The number of carbonyl (C=O) groups is 1. The van der Waals surface area contributed by atoms with Crippen molar-refractivity contribution in [2.24, 2.45) is 24.8 Å². The fraction of sp³-hybridized carbons (Fsp3) is 0.571. The number of aromatic nitrogens is 5. The van der Waals surface area contributed by atoms with Crippen molar-refractivity contribution in [2.45, 2.75) is 76.3 Å². The molecule has 4 heterocycles. The summed E-state index contributed by atoms with van der Waals surface area (Å²) in [6.45, 7) is 8.66. The molecule has 0 spiro atoms. The lowest BCUT2D eigenvalue weighted by molar-refractivity contribution is 0.0981. The van der Waals surface area contributed by atoms with Gasteiger partial charge in [-0.2, -0.15) is 18.6 Å². The summed E-state index contributed by atoms with van der Waals surface area (Å²) in [5.74, 6) is 2.42. The van der Waals surface area contributed by atoms with Gasteiger partial charge in [0, 0.05) is 37.6 Å². The van der Waals surface area contributed by atoms with Gasteiger partial charge >= 0.3 is 0 Å². The Labute approximate surface area is 248 Å². The number of ether oxygens (including phenoxy) is 1. The predicted octanol–water partition coefficient (Wildman–Crippen LogP) is 3.73. The third-order valence-electron chi connectivity index (χ3n) is 8.15. The van der Waals surface area contributed by atoms with E-state index in [2.05, 4.69) is 40.6 Å². The Morgan fingerprint density at radius 1 is 1.12 bits per heavy atom. The van der Waals surface area contributed by atoms with Gasteiger partial charge in [0.05, 0.1) is 11.3 Å². The number of hydrogen-bond donors (Lipinski definition) is 1. The first-order chi connectivity index (χ1) is 18.9. The second-order valence-corrected chi connectivity index (χ2v) is 14.0. The van der Waals surface area contributed by atoms with Crippen molar-refractivity contribution in [3.63, 3.8) is 0 Å². The molecule has 11 nitrogen and oxygen atoms in total. The van der Waals surface area contributed by atoms with E-state index in [0.29, 0.717) is 47.5 Å². The number of rotatable bonds is 9. The zero-order chi connectivity index (χ0) is 28.4. The number of hydrogen-bond acceptors (Lipinski definition) is 8. The largest absolute Gasteiger partial charge is 0.473 e. The maximum Gasteiger partial charge on any atom is 0.268 e. The van der Waals surface area contributed by atoms with Crippen LogP contribution in [0.2, 0.25) is 0 Å². The van der Waals surface area contributed by atoms with Gasteiger partial charge in [0.1, 0.15) is 16.8 Å². The Morgan fingerprint density at radius 2 is 1.80 bits per heavy atom. The molecule has 1 amide bonds. The minimum absolute atomic E-state index is 0. The highest BCUT2D eigenvalue weighted by molar-refractivity contribution is 7.90. The Hall–Kier alpha value is -3.06. The molecule has 0 unspecified atom stereocenters. The maximum absolute atomic E-state index is 13.5. The first-order valence-electron chi connectivity index (χ1n) is 14.0. The highest BCUT2D eigenvalue weighted by Gasteiger charge is 2.44. The van der Waals surface area contributed by atoms with E-state index in [4.69, 9.17) is 9.72 Å². The highest BCUT2D eigenvalue weighted by atomic mass is 32.2. The summed E-state index contributed by atoms with van der Waals surface area (Å²) < 4.78 is 37.8. The fourth-order valence-electron chi connectivity index (χ4n) is 6.05. The van der Waals surface area contributed by atoms with E-state index < -0.39 is 15.9 Å². The molecule has 2 aliphatic carbocycles. The van der Waals surface area contributed by atoms with Gasteiger partial charge in [-0.3, -0.25) is 9.48 Å². The molecule has 41 heavy (non-hydrogen) atoms. The van der Waals surface area contributed by atoms with E-state index in [1.54, 1.807) is 30.8 Å². The topological polar surface area (TPSA) is 124 Å². The normalized spacial score (nSPS) is 20.2. The standard InChI is InChI=1S/C28H37N7O4S.H2S/c1-17-14-28(3,4)34(15-17)26-21(27(36)32-40(37,38)22-16-33(5)30-18(22)2)10-11-23(29-26)35-13-12-24(31-35)39-25(19-6-7-19)20-8-9-20;/h10-13,16-17,19-20,25H,6-9,14-15H2,1-5H3,(H,32,36);1H2/t17-;/m0./s1. The number of sulfonamides is 1. The van der Waals surface area contributed by atoms with Gasteiger partial charge < -0.3 is 9.64 Å². The molecule has 1 N–H and O–H groups in total. The first kappa shape index (κ1) is 29.4. The summed E-state index contributed by atoms with van der Waals surface area (Å²) >= 11 is 0. The molecular weight excluding hydrogens is 562 g/mol. The fourth-order valence-corrected chi connectivity index (χ4v) is 7.23. The summed E-state index contributed by atoms with van der Waals surface area (Å²) in [4.78, 5) is 20.4. The van der Waals surface area contributed by atoms with Crippen molar-refractivity contribution in [1.29, 1.82) is 0 Å². The van der Waals surface area contributed by atoms with Crippen LogP contribution in [0, 0.1) is 24.7 Å². The van der Waals surface area contributed by atoms with Crippen molar-refractivity contribution in [3.05, 3.63) is 41.9 Å². The quantitative estimate of drug-likeness (QED) is 0.394. The maximum atomic E-state index is 13.5. The van der Waals surface area contributed by atoms with E-state index >= 15 is 0 Å². The Morgan fingerprint density at radius 3 is 2.37 bits per heavy atom. The third-order valence-corrected chi connectivity index (χ3v) is 9.58. The number of nitrogens with zero attached hydrogens (tertiary/aromatic N) is 6. The van der Waals surface area contributed by atoms with Crippen LogP contribution in [0.25, 0.3) is 5.82 Å². The van der Waals surface area contributed by atoms with Gasteiger partial charge in [-0.25, -0.2) is 22.8 Å². The highest BCUT2D eigenvalue weighted by Crippen LogP contribution is 2.46. The lowest BCUT2D eigenvalue weighted by atomic mass is 9.97. The number of carbonyl (C=O) groups excluding carboxylic acids is 1. The van der Waals surface area contributed by atoms with E-state index in [-0.39, 0.29) is 35.6 Å². The second kappa shape index (κ2) is 10.6. The van der Waals surface area contributed by atoms with Crippen LogP contribution in [0.4, 0.5) is 5.82 Å². The van der Waals surface area contributed by atoms with Crippen LogP contribution in [-0.2, 0) is 17.1 Å². The van der Waals surface area contributed by atoms with Gasteiger partial charge in [-0.15, -0.1) is 5.10 Å². The summed E-state index contributed by atoms with van der Waals surface area (Å²) in [7, 11) is -2.50. The molecule has 3 aliphatic rings. The molecule has 0 bridgehead atoms. The van der Waals surface area contributed by atoms with Gasteiger partial charge in [-0.05, 0) is 82.8 Å². The number of nitrogens with one attached hydrogen (secondary N) is 1. The van der Waals surface area contributed by atoms with E-state index in [0.717, 1.165) is 6.42 Å². The summed E-state index contributed by atoms with van der Waals surface area (Å²) in [6.07, 6.45) is 9.21. The summed E-state index contributed by atoms with van der Waals surface area (Å²) in [5.41, 5.74) is 0.217. The van der Waals surface area contributed by atoms with Gasteiger partial charge in [0.25, 0.3) is 15.9 Å².